The normalized spacial score (nSPS) is 45.5. The van der Waals surface area contributed by atoms with Gasteiger partial charge in [-0.1, -0.05) is 37.3 Å². The molecule has 0 radical (unpaired) electrons. The van der Waals surface area contributed by atoms with E-state index in [1.54, 1.807) is 13.0 Å². The molecule has 1 aliphatic carbocycles. The van der Waals surface area contributed by atoms with Crippen LogP contribution in [0.3, 0.4) is 0 Å². The third kappa shape index (κ3) is 5.22. The van der Waals surface area contributed by atoms with E-state index in [0.29, 0.717) is 38.9 Å². The van der Waals surface area contributed by atoms with Gasteiger partial charge in [-0.15, -0.1) is 0 Å². The lowest BCUT2D eigenvalue weighted by Gasteiger charge is -2.42. The van der Waals surface area contributed by atoms with Gasteiger partial charge >= 0.3 is 5.97 Å². The summed E-state index contributed by atoms with van der Waals surface area (Å²) >= 11 is 0. The molecular formula is C30H39NO10. The van der Waals surface area contributed by atoms with Crippen LogP contribution in [0.1, 0.15) is 45.1 Å². The molecule has 1 aromatic carbocycles. The van der Waals surface area contributed by atoms with E-state index in [0.717, 1.165) is 5.56 Å². The van der Waals surface area contributed by atoms with Crippen molar-refractivity contribution in [1.82, 2.24) is 5.32 Å². The Balaban J connectivity index is 1.10. The molecular weight excluding hydrogens is 534 g/mol. The first kappa shape index (κ1) is 28.7. The van der Waals surface area contributed by atoms with Gasteiger partial charge in [0.05, 0.1) is 25.4 Å². The first-order valence-corrected chi connectivity index (χ1v) is 14.5. The van der Waals surface area contributed by atoms with E-state index in [-0.39, 0.29) is 23.8 Å². The van der Waals surface area contributed by atoms with Crippen LogP contribution in [0.5, 0.6) is 0 Å². The number of benzene rings is 1. The van der Waals surface area contributed by atoms with Gasteiger partial charge in [0.1, 0.15) is 24.4 Å². The Bertz CT molecular complexity index is 1160. The maximum absolute atomic E-state index is 13.2. The van der Waals surface area contributed by atoms with Gasteiger partial charge in [0.25, 0.3) is 0 Å². The second-order valence-corrected chi connectivity index (χ2v) is 12.2. The molecule has 4 saturated heterocycles. The molecule has 224 valence electrons. The van der Waals surface area contributed by atoms with Crippen molar-refractivity contribution < 1.29 is 48.6 Å². The summed E-state index contributed by atoms with van der Waals surface area (Å²) in [5, 5.41) is 33.1. The van der Waals surface area contributed by atoms with Crippen molar-refractivity contribution in [2.45, 2.75) is 93.8 Å². The number of esters is 1. The zero-order valence-corrected chi connectivity index (χ0v) is 23.3. The number of hydrogen-bond acceptors (Lipinski definition) is 10. The van der Waals surface area contributed by atoms with Crippen molar-refractivity contribution in [3.05, 3.63) is 42.0 Å². The second kappa shape index (κ2) is 11.0. The number of hydrogen-bond donors (Lipinski definition) is 4. The minimum absolute atomic E-state index is 0.0304. The summed E-state index contributed by atoms with van der Waals surface area (Å²) in [7, 11) is 0. The fourth-order valence-corrected chi connectivity index (χ4v) is 6.95. The summed E-state index contributed by atoms with van der Waals surface area (Å²) in [4.78, 5) is 25.9. The molecule has 6 rings (SSSR count). The lowest BCUT2D eigenvalue weighted by atomic mass is 9.72. The number of aliphatic hydroxyl groups is 3. The van der Waals surface area contributed by atoms with E-state index >= 15 is 0 Å². The molecule has 2 spiro atoms. The Labute approximate surface area is 238 Å². The molecule has 1 amide bonds. The molecule has 12 atom stereocenters. The zero-order chi connectivity index (χ0) is 28.9. The fraction of sp³-hybridized carbons (Fsp3) is 0.667. The van der Waals surface area contributed by atoms with Crippen LogP contribution in [-0.2, 0) is 33.3 Å². The van der Waals surface area contributed by atoms with Crippen LogP contribution < -0.4 is 5.32 Å². The maximum Gasteiger partial charge on any atom is 0.331 e. The molecule has 4 aliphatic heterocycles. The Morgan fingerprint density at radius 3 is 2.54 bits per heavy atom. The van der Waals surface area contributed by atoms with Gasteiger partial charge in [-0.3, -0.25) is 4.79 Å². The largest absolute Gasteiger partial charge is 0.459 e. The van der Waals surface area contributed by atoms with Crippen LogP contribution in [0.2, 0.25) is 0 Å². The number of amides is 1. The monoisotopic (exact) mass is 573 g/mol. The molecule has 0 bridgehead atoms. The smallest absolute Gasteiger partial charge is 0.331 e. The lowest BCUT2D eigenvalue weighted by molar-refractivity contribution is -0.293. The first-order valence-electron chi connectivity index (χ1n) is 14.5. The Morgan fingerprint density at radius 2 is 1.80 bits per heavy atom. The quantitative estimate of drug-likeness (QED) is 0.227. The van der Waals surface area contributed by atoms with Crippen molar-refractivity contribution in [2.24, 2.45) is 17.8 Å². The Kier molecular flexibility index (Phi) is 7.73. The van der Waals surface area contributed by atoms with Crippen LogP contribution in [0.15, 0.2) is 36.4 Å². The zero-order valence-electron chi connectivity index (χ0n) is 23.3. The summed E-state index contributed by atoms with van der Waals surface area (Å²) in [6.07, 6.45) is -1.54. The number of aliphatic hydroxyl groups excluding tert-OH is 3. The van der Waals surface area contributed by atoms with Crippen LogP contribution >= 0.6 is 0 Å². The molecule has 1 aromatic rings. The van der Waals surface area contributed by atoms with Crippen LogP contribution in [0, 0.1) is 17.8 Å². The number of fused-ring (bicyclic) bond motifs is 3. The van der Waals surface area contributed by atoms with Crippen LogP contribution in [-0.4, -0.2) is 94.6 Å². The number of carbonyl (C=O) groups excluding carboxylic acids is 2. The summed E-state index contributed by atoms with van der Waals surface area (Å²) in [5.74, 6) is -2.21. The summed E-state index contributed by atoms with van der Waals surface area (Å²) in [6, 6.07) is 9.53. The number of epoxide rings is 1. The van der Waals surface area contributed by atoms with E-state index in [4.69, 9.17) is 23.7 Å². The highest BCUT2D eigenvalue weighted by atomic mass is 16.8. The molecule has 1 saturated carbocycles. The summed E-state index contributed by atoms with van der Waals surface area (Å²) < 4.78 is 30.5. The van der Waals surface area contributed by atoms with Gasteiger partial charge in [0, 0.05) is 30.3 Å². The second-order valence-electron chi connectivity index (χ2n) is 12.2. The van der Waals surface area contributed by atoms with Crippen LogP contribution in [0.4, 0.5) is 0 Å². The number of carbonyl (C=O) groups is 2. The Hall–Kier alpha value is -2.38. The number of ether oxygens (including phenoxy) is 5. The summed E-state index contributed by atoms with van der Waals surface area (Å²) in [6.45, 7) is 4.37. The van der Waals surface area contributed by atoms with E-state index in [2.05, 4.69) is 5.32 Å². The molecule has 4 N–H and O–H groups in total. The van der Waals surface area contributed by atoms with Crippen LogP contribution in [0.25, 0.3) is 6.08 Å². The van der Waals surface area contributed by atoms with E-state index in [1.807, 2.05) is 37.3 Å². The van der Waals surface area contributed by atoms with Gasteiger partial charge in [-0.2, -0.15) is 0 Å². The Morgan fingerprint density at radius 1 is 1.05 bits per heavy atom. The first-order chi connectivity index (χ1) is 19.6. The third-order valence-corrected chi connectivity index (χ3v) is 9.50. The molecule has 41 heavy (non-hydrogen) atoms. The molecule has 5 aliphatic rings. The van der Waals surface area contributed by atoms with Crippen molar-refractivity contribution in [3.63, 3.8) is 0 Å². The summed E-state index contributed by atoms with van der Waals surface area (Å²) in [5.41, 5.74) is 0.267. The molecule has 11 heteroatoms. The van der Waals surface area contributed by atoms with Crippen molar-refractivity contribution in [1.29, 1.82) is 0 Å². The van der Waals surface area contributed by atoms with Gasteiger partial charge in [0.15, 0.2) is 11.8 Å². The predicted molar refractivity (Wildman–Crippen MR) is 143 cm³/mol. The topological polar surface area (TPSA) is 156 Å². The molecule has 0 aromatic heterocycles. The van der Waals surface area contributed by atoms with Crippen molar-refractivity contribution in [3.8, 4) is 0 Å². The predicted octanol–water partition coefficient (Wildman–Crippen LogP) is 0.892. The SMILES string of the molecule is CC1CO[C@@]2(CC1OC(=O)/C=C/c1ccccc1)OC1C[C@@H](C(=O)NC3OC(C)C(O)C(O)C3O)CCC1[C@@]21CO1. The van der Waals surface area contributed by atoms with Gasteiger partial charge < -0.3 is 44.3 Å². The average Bonchev–Trinajstić information content (AvgIpc) is 3.74. The molecule has 9 unspecified atom stereocenters. The van der Waals surface area contributed by atoms with Gasteiger partial charge in [0.2, 0.25) is 11.7 Å². The highest BCUT2D eigenvalue weighted by molar-refractivity contribution is 5.87. The average molecular weight is 574 g/mol. The van der Waals surface area contributed by atoms with Crippen molar-refractivity contribution >= 4 is 18.0 Å². The fourth-order valence-electron chi connectivity index (χ4n) is 6.95. The minimum atomic E-state index is -1.45. The van der Waals surface area contributed by atoms with E-state index in [9.17, 15) is 24.9 Å². The standard InChI is InChI=1S/C30H39NO10/c1-16-14-37-30(13-22(16)40-23(32)11-8-18-6-4-3-5-7-18)29(15-38-29)20-10-9-19(12-21(20)41-30)27(36)31-28-26(35)25(34)24(33)17(2)39-28/h3-8,11,16-17,19-22,24-26,28,33-35H,9-10,12-15H2,1-2H3,(H,31,36)/b11-8+/t16?,17?,19-,20?,21?,22?,24?,25?,26?,28?,29-,30-/m0/s1. The lowest BCUT2D eigenvalue weighted by Crippen LogP contribution is -2.62. The maximum atomic E-state index is 13.2. The highest BCUT2D eigenvalue weighted by Gasteiger charge is 2.76. The van der Waals surface area contributed by atoms with Gasteiger partial charge in [-0.25, -0.2) is 4.79 Å². The molecule has 5 fully saturated rings. The molecule has 11 nitrogen and oxygen atoms in total. The molecule has 4 heterocycles. The number of rotatable bonds is 5. The third-order valence-electron chi connectivity index (χ3n) is 9.50. The van der Waals surface area contributed by atoms with Gasteiger partial charge in [-0.05, 0) is 37.8 Å². The minimum Gasteiger partial charge on any atom is -0.459 e. The highest BCUT2D eigenvalue weighted by Crippen LogP contribution is 2.62. The van der Waals surface area contributed by atoms with Crippen molar-refractivity contribution in [2.75, 3.05) is 13.2 Å². The number of nitrogens with one attached hydrogen (secondary N) is 1. The van der Waals surface area contributed by atoms with E-state index < -0.39 is 60.0 Å². The van der Waals surface area contributed by atoms with E-state index in [1.165, 1.54) is 6.08 Å².